The molecule has 1 aromatic carbocycles. The molecule has 3 rings (SSSR count). The Hall–Kier alpha value is -2.01. The van der Waals surface area contributed by atoms with Crippen molar-refractivity contribution in [2.24, 2.45) is 4.99 Å². The molecule has 84 valence electrons. The maximum absolute atomic E-state index is 10.9. The van der Waals surface area contributed by atoms with Gasteiger partial charge in [0.05, 0.1) is 5.52 Å². The molecule has 0 aliphatic rings. The van der Waals surface area contributed by atoms with Gasteiger partial charge >= 0.3 is 0 Å². The van der Waals surface area contributed by atoms with Crippen molar-refractivity contribution in [3.8, 4) is 0 Å². The van der Waals surface area contributed by atoms with E-state index >= 15 is 0 Å². The van der Waals surface area contributed by atoms with E-state index in [1.807, 2.05) is 40.2 Å². The van der Waals surface area contributed by atoms with Crippen molar-refractivity contribution >= 4 is 34.0 Å². The number of rotatable bonds is 0. The van der Waals surface area contributed by atoms with Crippen molar-refractivity contribution in [3.05, 3.63) is 41.2 Å². The van der Waals surface area contributed by atoms with Gasteiger partial charge in [-0.2, -0.15) is 9.98 Å². The summed E-state index contributed by atoms with van der Waals surface area (Å²) in [4.78, 5) is 19.6. The lowest BCUT2D eigenvalue weighted by atomic mass is 10.2. The van der Waals surface area contributed by atoms with Crippen LogP contribution >= 0.6 is 11.5 Å². The van der Waals surface area contributed by atoms with E-state index in [9.17, 15) is 4.79 Å². The Bertz CT molecular complexity index is 785. The first-order valence-electron chi connectivity index (χ1n) is 5.17. The second-order valence-corrected chi connectivity index (χ2v) is 4.57. The van der Waals surface area contributed by atoms with Crippen LogP contribution in [-0.4, -0.2) is 14.7 Å². The molecule has 17 heavy (non-hydrogen) atoms. The predicted octanol–water partition coefficient (Wildman–Crippen LogP) is 2.00. The second kappa shape index (κ2) is 3.78. The Balaban J connectivity index is 2.43. The number of fused-ring (bicyclic) bond motifs is 3. The van der Waals surface area contributed by atoms with Crippen LogP contribution in [0.3, 0.4) is 0 Å². The van der Waals surface area contributed by atoms with Crippen LogP contribution in [0.2, 0.25) is 0 Å². The van der Waals surface area contributed by atoms with E-state index in [2.05, 4.69) is 9.98 Å². The molecule has 0 atom stereocenters. The standard InChI is InChI=1S/C12H9N3OS/c1-8(16)13-12-14-11-7-6-9-4-2-3-5-10(9)15(11)17-12/h2-7H,1H3. The largest absolute Gasteiger partial charge is 0.273 e. The average molecular weight is 243 g/mol. The summed E-state index contributed by atoms with van der Waals surface area (Å²) in [7, 11) is 0. The highest BCUT2D eigenvalue weighted by Gasteiger charge is 2.02. The Labute approximate surface area is 101 Å². The normalized spacial score (nSPS) is 12.4. The highest BCUT2D eigenvalue weighted by atomic mass is 32.1. The molecule has 5 heteroatoms. The number of benzene rings is 1. The summed E-state index contributed by atoms with van der Waals surface area (Å²) in [6, 6.07) is 12.0. The van der Waals surface area contributed by atoms with Crippen molar-refractivity contribution in [1.29, 1.82) is 0 Å². The molecule has 0 N–H and O–H groups in total. The Morgan fingerprint density at radius 3 is 2.94 bits per heavy atom. The molecule has 0 aliphatic heterocycles. The Morgan fingerprint density at radius 1 is 1.29 bits per heavy atom. The zero-order chi connectivity index (χ0) is 11.8. The maximum atomic E-state index is 10.9. The van der Waals surface area contributed by atoms with Gasteiger partial charge < -0.3 is 0 Å². The van der Waals surface area contributed by atoms with Crippen LogP contribution < -0.4 is 4.80 Å². The number of carbonyl (C=O) groups excluding carboxylic acids is 1. The van der Waals surface area contributed by atoms with Crippen LogP contribution in [0.15, 0.2) is 41.4 Å². The third kappa shape index (κ3) is 1.74. The van der Waals surface area contributed by atoms with Gasteiger partial charge in [-0.1, -0.05) is 18.2 Å². The van der Waals surface area contributed by atoms with E-state index in [1.54, 1.807) is 0 Å². The van der Waals surface area contributed by atoms with E-state index in [0.717, 1.165) is 16.6 Å². The van der Waals surface area contributed by atoms with Crippen molar-refractivity contribution in [2.45, 2.75) is 6.92 Å². The fraction of sp³-hybridized carbons (Fsp3) is 0.0833. The summed E-state index contributed by atoms with van der Waals surface area (Å²) in [5.74, 6) is -0.228. The summed E-state index contributed by atoms with van der Waals surface area (Å²) in [6.07, 6.45) is 0. The zero-order valence-corrected chi connectivity index (χ0v) is 9.94. The minimum absolute atomic E-state index is 0.228. The lowest BCUT2D eigenvalue weighted by molar-refractivity contribution is -0.116. The SMILES string of the molecule is CC(=O)N=c1nc2ccc3ccccc3n2s1. The summed E-state index contributed by atoms with van der Waals surface area (Å²) in [6.45, 7) is 1.43. The van der Waals surface area contributed by atoms with Gasteiger partial charge in [0.25, 0.3) is 0 Å². The van der Waals surface area contributed by atoms with E-state index in [-0.39, 0.29) is 5.91 Å². The summed E-state index contributed by atoms with van der Waals surface area (Å²) < 4.78 is 1.98. The van der Waals surface area contributed by atoms with E-state index in [0.29, 0.717) is 4.80 Å². The molecule has 0 saturated carbocycles. The number of nitrogens with zero attached hydrogens (tertiary/aromatic N) is 3. The number of amides is 1. The van der Waals surface area contributed by atoms with Crippen LogP contribution in [0.5, 0.6) is 0 Å². The summed E-state index contributed by atoms with van der Waals surface area (Å²) in [5, 5.41) is 1.14. The average Bonchev–Trinajstić information content (AvgIpc) is 2.70. The maximum Gasteiger partial charge on any atom is 0.245 e. The van der Waals surface area contributed by atoms with Crippen molar-refractivity contribution in [1.82, 2.24) is 8.77 Å². The van der Waals surface area contributed by atoms with Crippen LogP contribution in [0.25, 0.3) is 16.6 Å². The summed E-state index contributed by atoms with van der Waals surface area (Å²) >= 11 is 1.37. The van der Waals surface area contributed by atoms with Crippen LogP contribution in [0.1, 0.15) is 6.92 Å². The molecule has 0 unspecified atom stereocenters. The molecule has 1 amide bonds. The molecule has 3 aromatic rings. The van der Waals surface area contributed by atoms with Gasteiger partial charge in [-0.3, -0.25) is 4.79 Å². The lowest BCUT2D eigenvalue weighted by Crippen LogP contribution is -2.00. The second-order valence-electron chi connectivity index (χ2n) is 3.66. The van der Waals surface area contributed by atoms with Gasteiger partial charge in [0.1, 0.15) is 5.65 Å². The van der Waals surface area contributed by atoms with Crippen LogP contribution in [0, 0.1) is 0 Å². The molecular formula is C12H9N3OS. The molecule has 2 heterocycles. The molecule has 0 spiro atoms. The highest BCUT2D eigenvalue weighted by molar-refractivity contribution is 7.04. The van der Waals surface area contributed by atoms with Crippen molar-refractivity contribution < 1.29 is 4.79 Å². The lowest BCUT2D eigenvalue weighted by Gasteiger charge is -1.98. The first-order valence-corrected chi connectivity index (χ1v) is 5.94. The molecular weight excluding hydrogens is 234 g/mol. The fourth-order valence-corrected chi connectivity index (χ4v) is 2.65. The summed E-state index contributed by atoms with van der Waals surface area (Å²) in [5.41, 5.74) is 1.89. The topological polar surface area (TPSA) is 46.7 Å². The van der Waals surface area contributed by atoms with Gasteiger partial charge in [0, 0.05) is 6.92 Å². The number of hydrogen-bond acceptors (Lipinski definition) is 3. The molecule has 0 fully saturated rings. The molecule has 0 bridgehead atoms. The molecule has 4 nitrogen and oxygen atoms in total. The quantitative estimate of drug-likeness (QED) is 0.606. The number of carbonyl (C=O) groups is 1. The predicted molar refractivity (Wildman–Crippen MR) is 66.8 cm³/mol. The molecule has 0 radical (unpaired) electrons. The van der Waals surface area contributed by atoms with Crippen LogP contribution in [-0.2, 0) is 4.79 Å². The number of pyridine rings is 1. The van der Waals surface area contributed by atoms with Crippen molar-refractivity contribution in [3.63, 3.8) is 0 Å². The number of para-hydroxylation sites is 1. The molecule has 0 saturated heterocycles. The smallest absolute Gasteiger partial charge is 0.245 e. The number of aromatic nitrogens is 2. The number of hydrogen-bond donors (Lipinski definition) is 0. The first kappa shape index (κ1) is 10.2. The zero-order valence-electron chi connectivity index (χ0n) is 9.12. The van der Waals surface area contributed by atoms with Gasteiger partial charge in [0.15, 0.2) is 0 Å². The first-order chi connectivity index (χ1) is 8.24. The van der Waals surface area contributed by atoms with E-state index in [1.165, 1.54) is 18.5 Å². The highest BCUT2D eigenvalue weighted by Crippen LogP contribution is 2.16. The third-order valence-electron chi connectivity index (χ3n) is 2.41. The Kier molecular flexibility index (Phi) is 2.26. The van der Waals surface area contributed by atoms with E-state index < -0.39 is 0 Å². The molecule has 0 aliphatic carbocycles. The van der Waals surface area contributed by atoms with Crippen LogP contribution in [0.4, 0.5) is 0 Å². The van der Waals surface area contributed by atoms with E-state index in [4.69, 9.17) is 0 Å². The van der Waals surface area contributed by atoms with Gasteiger partial charge in [-0.25, -0.2) is 3.79 Å². The van der Waals surface area contributed by atoms with Gasteiger partial charge in [0.2, 0.25) is 10.7 Å². The molecule has 2 aromatic heterocycles. The monoisotopic (exact) mass is 243 g/mol. The third-order valence-corrected chi connectivity index (χ3v) is 3.32. The van der Waals surface area contributed by atoms with Gasteiger partial charge in [-0.15, -0.1) is 0 Å². The minimum atomic E-state index is -0.228. The Morgan fingerprint density at radius 2 is 2.12 bits per heavy atom. The fourth-order valence-electron chi connectivity index (χ4n) is 1.73. The van der Waals surface area contributed by atoms with Crippen molar-refractivity contribution in [2.75, 3.05) is 0 Å². The van der Waals surface area contributed by atoms with Gasteiger partial charge in [-0.05, 0) is 35.1 Å². The minimum Gasteiger partial charge on any atom is -0.273 e.